The number of hydrogen-bond donors (Lipinski definition) is 1. The Morgan fingerprint density at radius 3 is 2.30 bits per heavy atom. The molecule has 8 nitrogen and oxygen atoms in total. The van der Waals surface area contributed by atoms with E-state index in [0.717, 1.165) is 5.75 Å². The van der Waals surface area contributed by atoms with E-state index in [1.807, 2.05) is 6.92 Å². The predicted molar refractivity (Wildman–Crippen MR) is 107 cm³/mol. The van der Waals surface area contributed by atoms with Gasteiger partial charge in [0.05, 0.1) is 12.0 Å². The van der Waals surface area contributed by atoms with Crippen molar-refractivity contribution in [1.29, 1.82) is 0 Å². The van der Waals surface area contributed by atoms with Crippen LogP contribution in [0.2, 0.25) is 0 Å². The van der Waals surface area contributed by atoms with E-state index >= 15 is 0 Å². The molecule has 0 spiro atoms. The van der Waals surface area contributed by atoms with Crippen molar-refractivity contribution in [3.05, 3.63) is 12.2 Å². The van der Waals surface area contributed by atoms with E-state index in [1.165, 1.54) is 22.9 Å². The lowest BCUT2D eigenvalue weighted by Crippen LogP contribution is -2.49. The summed E-state index contributed by atoms with van der Waals surface area (Å²) < 4.78 is 10.8. The molecule has 0 fully saturated rings. The van der Waals surface area contributed by atoms with Crippen molar-refractivity contribution >= 4 is 29.7 Å². The Kier molecular flexibility index (Phi) is 12.6. The zero-order chi connectivity index (χ0) is 21.0. The molecule has 3 amide bonds. The van der Waals surface area contributed by atoms with Crippen molar-refractivity contribution < 1.29 is 23.9 Å². The first kappa shape index (κ1) is 25.3. The number of carbonyl (C=O) groups excluding carboxylic acids is 3. The number of hydrogen-bond acceptors (Lipinski definition) is 6. The summed E-state index contributed by atoms with van der Waals surface area (Å²) in [6, 6.07) is -0.414. The number of thioether (sulfide) groups is 1. The fourth-order valence-electron chi connectivity index (χ4n) is 1.94. The van der Waals surface area contributed by atoms with Gasteiger partial charge in [-0.05, 0) is 18.6 Å². The molecule has 0 aliphatic carbocycles. The molecule has 0 radical (unpaired) electrons. The highest BCUT2D eigenvalue weighted by atomic mass is 32.2. The molecule has 0 aliphatic rings. The largest absolute Gasteiger partial charge is 0.436 e. The minimum atomic E-state index is -0.951. The van der Waals surface area contributed by atoms with Crippen LogP contribution in [0.1, 0.15) is 27.7 Å². The van der Waals surface area contributed by atoms with Crippen molar-refractivity contribution in [3.8, 4) is 0 Å². The number of ether oxygens (including phenoxy) is 2. The Balaban J connectivity index is 5.36. The summed E-state index contributed by atoms with van der Waals surface area (Å²) in [6.45, 7) is 7.43. The van der Waals surface area contributed by atoms with Crippen LogP contribution in [-0.2, 0) is 19.1 Å². The molecule has 0 saturated heterocycles. The first-order valence-electron chi connectivity index (χ1n) is 8.89. The Morgan fingerprint density at radius 2 is 1.81 bits per heavy atom. The molecule has 156 valence electrons. The second kappa shape index (κ2) is 13.4. The highest BCUT2D eigenvalue weighted by Gasteiger charge is 2.32. The van der Waals surface area contributed by atoms with Crippen LogP contribution in [0.3, 0.4) is 0 Å². The van der Waals surface area contributed by atoms with Crippen LogP contribution in [0.5, 0.6) is 0 Å². The molecule has 0 aromatic rings. The molecule has 2 unspecified atom stereocenters. The first-order valence-corrected chi connectivity index (χ1v) is 10.0. The summed E-state index contributed by atoms with van der Waals surface area (Å²) >= 11 is 1.59. The second-order valence-corrected chi connectivity index (χ2v) is 7.63. The first-order chi connectivity index (χ1) is 12.6. The summed E-state index contributed by atoms with van der Waals surface area (Å²) in [5.74, 6) is 0.565. The molecule has 0 aromatic heterocycles. The van der Waals surface area contributed by atoms with Gasteiger partial charge < -0.3 is 24.6 Å². The third-order valence-corrected chi connectivity index (χ3v) is 4.36. The quantitative estimate of drug-likeness (QED) is 0.322. The van der Waals surface area contributed by atoms with Crippen LogP contribution in [0, 0.1) is 5.92 Å². The van der Waals surface area contributed by atoms with Gasteiger partial charge in [0.15, 0.2) is 6.10 Å². The topological polar surface area (TPSA) is 88.2 Å². The lowest BCUT2D eigenvalue weighted by molar-refractivity contribution is -0.149. The van der Waals surface area contributed by atoms with Crippen LogP contribution in [0.4, 0.5) is 4.79 Å². The van der Waals surface area contributed by atoms with E-state index in [1.54, 1.807) is 52.7 Å². The Hall–Kier alpha value is -1.74. The molecular weight excluding hydrogens is 370 g/mol. The van der Waals surface area contributed by atoms with Gasteiger partial charge in [-0.2, -0.15) is 0 Å². The van der Waals surface area contributed by atoms with Gasteiger partial charge in [-0.25, -0.2) is 4.79 Å². The molecule has 0 aromatic carbocycles. The van der Waals surface area contributed by atoms with Crippen LogP contribution in [-0.4, -0.2) is 79.4 Å². The van der Waals surface area contributed by atoms with Gasteiger partial charge in [-0.3, -0.25) is 9.59 Å². The van der Waals surface area contributed by atoms with Crippen LogP contribution in [0.15, 0.2) is 12.2 Å². The van der Waals surface area contributed by atoms with Crippen LogP contribution < -0.4 is 5.32 Å². The van der Waals surface area contributed by atoms with Gasteiger partial charge >= 0.3 is 6.09 Å². The average molecular weight is 404 g/mol. The average Bonchev–Trinajstić information content (AvgIpc) is 2.62. The van der Waals surface area contributed by atoms with Crippen molar-refractivity contribution in [2.24, 2.45) is 5.92 Å². The van der Waals surface area contributed by atoms with E-state index in [2.05, 4.69) is 5.32 Å². The standard InChI is InChI=1S/C18H33N3O5S/c1-8-27-12-25-11-21(14(4)9-10-15(22)20(6)7)17(23)16(13(2)3)26-18(24)19-5/h9-10,13-14,16H,8,11-12H2,1-7H3,(H,19,24)/b10-9+. The second-order valence-electron chi connectivity index (χ2n) is 6.40. The summed E-state index contributed by atoms with van der Waals surface area (Å²) in [6.07, 6.45) is 1.42. The highest BCUT2D eigenvalue weighted by molar-refractivity contribution is 7.99. The molecule has 1 N–H and O–H groups in total. The number of carbonyl (C=O) groups is 3. The number of rotatable bonds is 11. The van der Waals surface area contributed by atoms with E-state index in [9.17, 15) is 14.4 Å². The molecule has 0 rings (SSSR count). The van der Waals surface area contributed by atoms with E-state index in [4.69, 9.17) is 9.47 Å². The number of alkyl carbamates (subject to hydrolysis) is 1. The van der Waals surface area contributed by atoms with Gasteiger partial charge in [0, 0.05) is 27.2 Å². The molecule has 0 bridgehead atoms. The fraction of sp³-hybridized carbons (Fsp3) is 0.722. The number of nitrogens with zero attached hydrogens (tertiary/aromatic N) is 2. The minimum Gasteiger partial charge on any atom is -0.436 e. The monoisotopic (exact) mass is 403 g/mol. The maximum Gasteiger partial charge on any atom is 0.407 e. The summed E-state index contributed by atoms with van der Waals surface area (Å²) in [7, 11) is 4.74. The van der Waals surface area contributed by atoms with Crippen molar-refractivity contribution in [1.82, 2.24) is 15.1 Å². The third kappa shape index (κ3) is 9.67. The van der Waals surface area contributed by atoms with Gasteiger partial charge in [-0.1, -0.05) is 26.8 Å². The predicted octanol–water partition coefficient (Wildman–Crippen LogP) is 1.91. The number of amides is 3. The Labute approximate surface area is 166 Å². The smallest absolute Gasteiger partial charge is 0.407 e. The minimum absolute atomic E-state index is 0.0355. The van der Waals surface area contributed by atoms with Gasteiger partial charge in [0.1, 0.15) is 6.73 Å². The van der Waals surface area contributed by atoms with Gasteiger partial charge in [0.25, 0.3) is 5.91 Å². The van der Waals surface area contributed by atoms with Crippen LogP contribution >= 0.6 is 11.8 Å². The molecular formula is C18H33N3O5S. The molecule has 9 heteroatoms. The normalized spacial score (nSPS) is 13.3. The van der Waals surface area contributed by atoms with Crippen molar-refractivity contribution in [2.75, 3.05) is 39.6 Å². The Morgan fingerprint density at radius 1 is 1.19 bits per heavy atom. The molecule has 2 atom stereocenters. The SMILES string of the molecule is CCSCOCN(C(=O)C(OC(=O)NC)C(C)C)C(C)/C=C/C(=O)N(C)C. The van der Waals surface area contributed by atoms with Crippen molar-refractivity contribution in [2.45, 2.75) is 39.8 Å². The van der Waals surface area contributed by atoms with E-state index in [0.29, 0.717) is 5.94 Å². The third-order valence-electron chi connectivity index (χ3n) is 3.62. The fourth-order valence-corrected chi connectivity index (χ4v) is 2.30. The maximum absolute atomic E-state index is 13.0. The van der Waals surface area contributed by atoms with E-state index < -0.39 is 18.2 Å². The lowest BCUT2D eigenvalue weighted by atomic mass is 10.1. The summed E-state index contributed by atoms with van der Waals surface area (Å²) in [5.41, 5.74) is 0. The number of nitrogens with one attached hydrogen (secondary N) is 1. The van der Waals surface area contributed by atoms with E-state index in [-0.39, 0.29) is 24.5 Å². The molecule has 0 heterocycles. The summed E-state index contributed by atoms with van der Waals surface area (Å²) in [4.78, 5) is 39.3. The summed E-state index contributed by atoms with van der Waals surface area (Å²) in [5, 5.41) is 2.36. The highest BCUT2D eigenvalue weighted by Crippen LogP contribution is 2.15. The Bertz CT molecular complexity index is 511. The maximum atomic E-state index is 13.0. The zero-order valence-corrected chi connectivity index (χ0v) is 18.2. The lowest BCUT2D eigenvalue weighted by Gasteiger charge is -2.31. The molecule has 0 saturated carbocycles. The van der Waals surface area contributed by atoms with Gasteiger partial charge in [-0.15, -0.1) is 11.8 Å². The van der Waals surface area contributed by atoms with Crippen molar-refractivity contribution in [3.63, 3.8) is 0 Å². The molecule has 0 aliphatic heterocycles. The molecule has 27 heavy (non-hydrogen) atoms. The zero-order valence-electron chi connectivity index (χ0n) is 17.4. The number of likely N-dealkylation sites (N-methyl/N-ethyl adjacent to an activating group) is 1. The van der Waals surface area contributed by atoms with Gasteiger partial charge in [0.2, 0.25) is 5.91 Å². The van der Waals surface area contributed by atoms with Crippen LogP contribution in [0.25, 0.3) is 0 Å².